The van der Waals surface area contributed by atoms with E-state index in [0.717, 1.165) is 18.4 Å². The smallest absolute Gasteiger partial charge is 0.347 e. The van der Waals surface area contributed by atoms with Crippen LogP contribution in [0.1, 0.15) is 36.1 Å². The van der Waals surface area contributed by atoms with E-state index in [1.807, 2.05) is 6.07 Å². The molecule has 1 aromatic carbocycles. The van der Waals surface area contributed by atoms with Gasteiger partial charge in [-0.2, -0.15) is 0 Å². The van der Waals surface area contributed by atoms with Gasteiger partial charge in [0.15, 0.2) is 0 Å². The van der Waals surface area contributed by atoms with Gasteiger partial charge in [0.25, 0.3) is 0 Å². The van der Waals surface area contributed by atoms with Crippen molar-refractivity contribution in [2.45, 2.75) is 31.8 Å². The molecule has 0 bridgehead atoms. The van der Waals surface area contributed by atoms with E-state index in [0.29, 0.717) is 24.6 Å². The SMILES string of the molecule is O=C(Cn1cccnc1=O)N1CCC[C@H]1c1ncc(Cc2cccc(F)c2)o1. The fourth-order valence-electron chi connectivity index (χ4n) is 3.47. The number of hydrogen-bond donors (Lipinski definition) is 0. The maximum Gasteiger partial charge on any atom is 0.347 e. The van der Waals surface area contributed by atoms with E-state index in [4.69, 9.17) is 4.42 Å². The van der Waals surface area contributed by atoms with E-state index in [-0.39, 0.29) is 24.3 Å². The molecule has 0 saturated carbocycles. The van der Waals surface area contributed by atoms with Crippen LogP contribution in [-0.2, 0) is 17.8 Å². The Bertz CT molecular complexity index is 1050. The first-order valence-corrected chi connectivity index (χ1v) is 9.10. The van der Waals surface area contributed by atoms with E-state index in [1.54, 1.807) is 29.4 Å². The van der Waals surface area contributed by atoms with Crippen molar-refractivity contribution in [3.05, 3.63) is 82.4 Å². The van der Waals surface area contributed by atoms with Gasteiger partial charge in [0.2, 0.25) is 11.8 Å². The third-order valence-electron chi connectivity index (χ3n) is 4.79. The van der Waals surface area contributed by atoms with Crippen LogP contribution >= 0.6 is 0 Å². The normalized spacial score (nSPS) is 16.5. The lowest BCUT2D eigenvalue weighted by atomic mass is 10.1. The lowest BCUT2D eigenvalue weighted by Crippen LogP contribution is -2.36. The minimum absolute atomic E-state index is 0.0694. The summed E-state index contributed by atoms with van der Waals surface area (Å²) < 4.78 is 20.5. The number of carbonyl (C=O) groups is 1. The van der Waals surface area contributed by atoms with Crippen molar-refractivity contribution in [2.75, 3.05) is 6.54 Å². The highest BCUT2D eigenvalue weighted by atomic mass is 19.1. The van der Waals surface area contributed by atoms with Crippen LogP contribution in [0.5, 0.6) is 0 Å². The van der Waals surface area contributed by atoms with Crippen LogP contribution in [0, 0.1) is 5.82 Å². The molecule has 1 aliphatic rings. The summed E-state index contributed by atoms with van der Waals surface area (Å²) in [6.07, 6.45) is 6.56. The van der Waals surface area contributed by atoms with Gasteiger partial charge >= 0.3 is 5.69 Å². The molecule has 1 amide bonds. The van der Waals surface area contributed by atoms with E-state index in [1.165, 1.54) is 22.9 Å². The number of rotatable bonds is 5. The van der Waals surface area contributed by atoms with Crippen molar-refractivity contribution >= 4 is 5.91 Å². The summed E-state index contributed by atoms with van der Waals surface area (Å²) in [5, 5.41) is 0. The number of hydrogen-bond acceptors (Lipinski definition) is 5. The largest absolute Gasteiger partial charge is 0.443 e. The molecule has 3 heterocycles. The summed E-state index contributed by atoms with van der Waals surface area (Å²) in [5.41, 5.74) is 0.332. The van der Waals surface area contributed by atoms with Crippen molar-refractivity contribution in [3.63, 3.8) is 0 Å². The van der Waals surface area contributed by atoms with E-state index >= 15 is 0 Å². The maximum absolute atomic E-state index is 13.3. The molecule has 2 aromatic heterocycles. The molecule has 1 saturated heterocycles. The summed E-state index contributed by atoms with van der Waals surface area (Å²) >= 11 is 0. The number of nitrogens with zero attached hydrogens (tertiary/aromatic N) is 4. The Hall–Kier alpha value is -3.29. The molecule has 0 spiro atoms. The van der Waals surface area contributed by atoms with Crippen molar-refractivity contribution in [2.24, 2.45) is 0 Å². The Morgan fingerprint density at radius 3 is 3.00 bits per heavy atom. The predicted octanol–water partition coefficient (Wildman–Crippen LogP) is 2.32. The van der Waals surface area contributed by atoms with Crippen molar-refractivity contribution in [1.29, 1.82) is 0 Å². The third-order valence-corrected chi connectivity index (χ3v) is 4.79. The van der Waals surface area contributed by atoms with Crippen molar-refractivity contribution in [3.8, 4) is 0 Å². The zero-order chi connectivity index (χ0) is 19.5. The van der Waals surface area contributed by atoms with Gasteiger partial charge in [-0.25, -0.2) is 19.2 Å². The molecule has 28 heavy (non-hydrogen) atoms. The van der Waals surface area contributed by atoms with Crippen LogP contribution in [0.25, 0.3) is 0 Å². The summed E-state index contributed by atoms with van der Waals surface area (Å²) in [7, 11) is 0. The Morgan fingerprint density at radius 1 is 1.29 bits per heavy atom. The first-order chi connectivity index (χ1) is 13.6. The number of carbonyl (C=O) groups excluding carboxylic acids is 1. The molecule has 0 radical (unpaired) electrons. The quantitative estimate of drug-likeness (QED) is 0.677. The molecule has 0 aliphatic carbocycles. The van der Waals surface area contributed by atoms with Crippen LogP contribution in [-0.4, -0.2) is 31.9 Å². The highest BCUT2D eigenvalue weighted by Crippen LogP contribution is 2.32. The van der Waals surface area contributed by atoms with Crippen molar-refractivity contribution in [1.82, 2.24) is 19.4 Å². The minimum Gasteiger partial charge on any atom is -0.443 e. The Kier molecular flexibility index (Phi) is 5.01. The van der Waals surface area contributed by atoms with Gasteiger partial charge in [0, 0.05) is 25.4 Å². The average Bonchev–Trinajstić information content (AvgIpc) is 3.33. The fraction of sp³-hybridized carbons (Fsp3) is 0.300. The summed E-state index contributed by atoms with van der Waals surface area (Å²) in [5.74, 6) is 0.608. The molecule has 8 heteroatoms. The van der Waals surface area contributed by atoms with Gasteiger partial charge in [0.05, 0.1) is 6.20 Å². The van der Waals surface area contributed by atoms with Gasteiger partial charge in [-0.1, -0.05) is 12.1 Å². The summed E-state index contributed by atoms with van der Waals surface area (Å²) in [4.78, 5) is 34.2. The molecular formula is C20H19FN4O3. The first-order valence-electron chi connectivity index (χ1n) is 9.10. The number of likely N-dealkylation sites (tertiary alicyclic amines) is 1. The van der Waals surface area contributed by atoms with Crippen LogP contribution in [0.15, 0.2) is 58.1 Å². The van der Waals surface area contributed by atoms with Crippen LogP contribution in [0.3, 0.4) is 0 Å². The number of halogens is 1. The average molecular weight is 382 g/mol. The number of aromatic nitrogens is 3. The number of oxazole rings is 1. The zero-order valence-corrected chi connectivity index (χ0v) is 15.1. The molecule has 0 N–H and O–H groups in total. The maximum atomic E-state index is 13.3. The zero-order valence-electron chi connectivity index (χ0n) is 15.1. The molecule has 144 valence electrons. The Labute approximate surface area is 160 Å². The second-order valence-electron chi connectivity index (χ2n) is 6.75. The van der Waals surface area contributed by atoms with Gasteiger partial charge in [0.1, 0.15) is 24.2 Å². The molecule has 4 rings (SSSR count). The summed E-state index contributed by atoms with van der Waals surface area (Å²) in [6.45, 7) is 0.514. The topological polar surface area (TPSA) is 81.2 Å². The van der Waals surface area contributed by atoms with Gasteiger partial charge in [-0.15, -0.1) is 0 Å². The summed E-state index contributed by atoms with van der Waals surface area (Å²) in [6, 6.07) is 7.68. The molecule has 1 fully saturated rings. The minimum atomic E-state index is -0.458. The monoisotopic (exact) mass is 382 g/mol. The second-order valence-corrected chi connectivity index (χ2v) is 6.75. The predicted molar refractivity (Wildman–Crippen MR) is 97.9 cm³/mol. The Morgan fingerprint density at radius 2 is 2.18 bits per heavy atom. The Balaban J connectivity index is 1.48. The third kappa shape index (κ3) is 3.85. The fourth-order valence-corrected chi connectivity index (χ4v) is 3.47. The second kappa shape index (κ2) is 7.75. The molecule has 7 nitrogen and oxygen atoms in total. The lowest BCUT2D eigenvalue weighted by Gasteiger charge is -2.22. The van der Waals surface area contributed by atoms with Crippen LogP contribution in [0.2, 0.25) is 0 Å². The molecule has 1 aliphatic heterocycles. The number of benzene rings is 1. The first kappa shape index (κ1) is 18.1. The van der Waals surface area contributed by atoms with Crippen LogP contribution in [0.4, 0.5) is 4.39 Å². The van der Waals surface area contributed by atoms with E-state index in [2.05, 4.69) is 9.97 Å². The highest BCUT2D eigenvalue weighted by Gasteiger charge is 2.33. The van der Waals surface area contributed by atoms with Crippen molar-refractivity contribution < 1.29 is 13.6 Å². The molecule has 0 unspecified atom stereocenters. The molecule has 1 atom stereocenters. The number of amides is 1. The molecular weight excluding hydrogens is 363 g/mol. The van der Waals surface area contributed by atoms with Gasteiger partial charge in [-0.3, -0.25) is 9.36 Å². The van der Waals surface area contributed by atoms with E-state index < -0.39 is 5.69 Å². The van der Waals surface area contributed by atoms with Gasteiger partial charge < -0.3 is 9.32 Å². The van der Waals surface area contributed by atoms with E-state index in [9.17, 15) is 14.0 Å². The standard InChI is InChI=1S/C20H19FN4O3/c21-15-5-1-4-14(10-15)11-16-12-23-19(28-16)17-6-2-9-25(17)18(26)13-24-8-3-7-22-20(24)27/h1,3-5,7-8,10,12,17H,2,6,9,11,13H2/t17-/m0/s1. The highest BCUT2D eigenvalue weighted by molar-refractivity contribution is 5.76. The van der Waals surface area contributed by atoms with Gasteiger partial charge in [-0.05, 0) is 36.6 Å². The molecule has 3 aromatic rings. The lowest BCUT2D eigenvalue weighted by molar-refractivity contribution is -0.133. The van der Waals surface area contributed by atoms with Crippen LogP contribution < -0.4 is 5.69 Å².